The molecule has 2 atom stereocenters. The van der Waals surface area contributed by atoms with E-state index in [1.807, 2.05) is 12.1 Å². The quantitative estimate of drug-likeness (QED) is 0.303. The fraction of sp³-hybridized carbons (Fsp3) is 0.483. The smallest absolute Gasteiger partial charge is 0.342 e. The molecular weight excluding hydrogens is 516 g/mol. The molecule has 210 valence electrons. The van der Waals surface area contributed by atoms with Crippen molar-refractivity contribution in [3.8, 4) is 22.9 Å². The van der Waals surface area contributed by atoms with Gasteiger partial charge in [0.2, 0.25) is 6.79 Å². The van der Waals surface area contributed by atoms with Gasteiger partial charge in [-0.1, -0.05) is 6.42 Å². The number of cyclic esters (lactones) is 1. The van der Waals surface area contributed by atoms with Crippen molar-refractivity contribution < 1.29 is 29.2 Å². The van der Waals surface area contributed by atoms with Gasteiger partial charge in [-0.15, -0.1) is 0 Å². The maximum atomic E-state index is 13.6. The zero-order chi connectivity index (χ0) is 27.6. The first-order valence-electron chi connectivity index (χ1n) is 13.8. The third-order valence-corrected chi connectivity index (χ3v) is 8.53. The molecule has 1 saturated heterocycles. The van der Waals surface area contributed by atoms with Crippen molar-refractivity contribution in [3.05, 3.63) is 50.8 Å². The topological polar surface area (TPSA) is 135 Å². The van der Waals surface area contributed by atoms with E-state index >= 15 is 0 Å². The summed E-state index contributed by atoms with van der Waals surface area (Å²) in [5, 5.41) is 25.9. The van der Waals surface area contributed by atoms with E-state index in [1.165, 1.54) is 26.2 Å². The highest BCUT2D eigenvalue weighted by Gasteiger charge is 2.43. The van der Waals surface area contributed by atoms with E-state index in [0.29, 0.717) is 48.0 Å². The van der Waals surface area contributed by atoms with Crippen LogP contribution in [-0.2, 0) is 34.8 Å². The lowest BCUT2D eigenvalue weighted by molar-refractivity contribution is -0.169. The minimum absolute atomic E-state index is 0.136. The molecule has 4 aliphatic rings. The molecule has 0 spiro atoms. The largest absolute Gasteiger partial charge is 0.458 e. The average molecular weight is 549 g/mol. The van der Waals surface area contributed by atoms with Gasteiger partial charge in [-0.3, -0.25) is 4.79 Å². The number of aliphatic hydroxyl groups excluding tert-OH is 1. The van der Waals surface area contributed by atoms with Gasteiger partial charge in [0, 0.05) is 42.2 Å². The summed E-state index contributed by atoms with van der Waals surface area (Å²) < 4.78 is 18.0. The summed E-state index contributed by atoms with van der Waals surface area (Å²) in [6, 6.07) is 5.44. The highest BCUT2D eigenvalue weighted by atomic mass is 16.7. The molecule has 11 nitrogen and oxygen atoms in total. The van der Waals surface area contributed by atoms with Crippen LogP contribution in [0.5, 0.6) is 11.5 Å². The van der Waals surface area contributed by atoms with Crippen LogP contribution in [0, 0.1) is 0 Å². The third-order valence-electron chi connectivity index (χ3n) is 8.53. The van der Waals surface area contributed by atoms with Crippen LogP contribution in [0.1, 0.15) is 48.4 Å². The lowest BCUT2D eigenvalue weighted by atomic mass is 9.89. The lowest BCUT2D eigenvalue weighted by Gasteiger charge is -2.29. The summed E-state index contributed by atoms with van der Waals surface area (Å²) in [7, 11) is 0. The molecule has 0 bridgehead atoms. The number of carbonyl (C=O) groups is 1. The first-order chi connectivity index (χ1) is 19.3. The predicted octanol–water partition coefficient (Wildman–Crippen LogP) is 1.35. The van der Waals surface area contributed by atoms with E-state index in [0.717, 1.165) is 29.6 Å². The van der Waals surface area contributed by atoms with Gasteiger partial charge >= 0.3 is 5.97 Å². The molecule has 0 saturated carbocycles. The second-order valence-corrected chi connectivity index (χ2v) is 11.2. The molecule has 6 heterocycles. The summed E-state index contributed by atoms with van der Waals surface area (Å²) in [5.41, 5.74) is 1.94. The van der Waals surface area contributed by atoms with Gasteiger partial charge in [-0.25, -0.2) is 9.78 Å². The number of hydrogen-bond donors (Lipinski definition) is 3. The summed E-state index contributed by atoms with van der Waals surface area (Å²) in [5.74, 6) is 0.451. The Bertz CT molecular complexity index is 1590. The summed E-state index contributed by atoms with van der Waals surface area (Å²) >= 11 is 0. The van der Waals surface area contributed by atoms with Crippen molar-refractivity contribution in [1.82, 2.24) is 19.8 Å². The number of ether oxygens (including phenoxy) is 3. The maximum absolute atomic E-state index is 13.6. The number of rotatable bonds is 6. The first-order valence-corrected chi connectivity index (χ1v) is 13.8. The molecule has 1 fully saturated rings. The zero-order valence-corrected chi connectivity index (χ0v) is 22.4. The number of carbonyl (C=O) groups excluding carboxylic acids is 1. The Morgan fingerprint density at radius 3 is 2.65 bits per heavy atom. The number of esters is 1. The Hall–Kier alpha value is -3.51. The summed E-state index contributed by atoms with van der Waals surface area (Å²) in [4.78, 5) is 33.1. The van der Waals surface area contributed by atoms with Crippen LogP contribution < -0.4 is 20.3 Å². The molecular formula is C29H32N4O7. The Morgan fingerprint density at radius 1 is 1.07 bits per heavy atom. The van der Waals surface area contributed by atoms with Gasteiger partial charge in [-0.2, -0.15) is 0 Å². The summed E-state index contributed by atoms with van der Waals surface area (Å²) in [6.45, 7) is 5.13. The molecule has 2 aromatic heterocycles. The Balaban J connectivity index is 1.27. The van der Waals surface area contributed by atoms with Crippen molar-refractivity contribution >= 4 is 16.9 Å². The molecule has 7 rings (SSSR count). The number of pyridine rings is 2. The number of benzene rings is 1. The lowest BCUT2D eigenvalue weighted by Crippen LogP contribution is -2.42. The zero-order valence-electron chi connectivity index (χ0n) is 22.4. The Kier molecular flexibility index (Phi) is 6.08. The van der Waals surface area contributed by atoms with E-state index in [9.17, 15) is 19.8 Å². The van der Waals surface area contributed by atoms with Crippen molar-refractivity contribution in [2.45, 2.75) is 57.6 Å². The number of aromatic nitrogens is 2. The maximum Gasteiger partial charge on any atom is 0.342 e. The molecule has 4 aliphatic heterocycles. The van der Waals surface area contributed by atoms with E-state index in [1.54, 1.807) is 10.6 Å². The van der Waals surface area contributed by atoms with Crippen molar-refractivity contribution in [3.63, 3.8) is 0 Å². The second-order valence-electron chi connectivity index (χ2n) is 11.2. The van der Waals surface area contributed by atoms with E-state index in [-0.39, 0.29) is 36.6 Å². The average Bonchev–Trinajstić information content (AvgIpc) is 3.55. The van der Waals surface area contributed by atoms with Crippen LogP contribution in [0.2, 0.25) is 0 Å². The number of nitrogens with one attached hydrogen (secondary N) is 1. The standard InChI is InChI=1S/C29H32N4O7/c1-29(37)21-8-23-26-19(13-33(23)27(35)20(21)14-38-28(29)36)18(11-30-10-16(34)12-32-5-3-2-4-6-32)17-7-24-25(40-15-39-24)9-22(17)31-26/h7-9,16,30,34,37H,2-6,10-15H2,1H3/t16?,29-/m0/s1. The van der Waals surface area contributed by atoms with Crippen LogP contribution in [0.15, 0.2) is 23.0 Å². The van der Waals surface area contributed by atoms with E-state index in [2.05, 4.69) is 10.2 Å². The highest BCUT2D eigenvalue weighted by Crippen LogP contribution is 2.42. The van der Waals surface area contributed by atoms with Crippen LogP contribution in [0.25, 0.3) is 22.3 Å². The number of nitrogens with zero attached hydrogens (tertiary/aromatic N) is 3. The van der Waals surface area contributed by atoms with Crippen LogP contribution in [-0.4, -0.2) is 69.7 Å². The van der Waals surface area contributed by atoms with Crippen molar-refractivity contribution in [2.75, 3.05) is 33.0 Å². The molecule has 0 aliphatic carbocycles. The predicted molar refractivity (Wildman–Crippen MR) is 144 cm³/mol. The first kappa shape index (κ1) is 25.5. The van der Waals surface area contributed by atoms with Gasteiger partial charge in [-0.05, 0) is 50.6 Å². The minimum Gasteiger partial charge on any atom is -0.458 e. The number of likely N-dealkylation sites (tertiary alicyclic amines) is 1. The van der Waals surface area contributed by atoms with Gasteiger partial charge in [0.15, 0.2) is 17.1 Å². The molecule has 1 aromatic carbocycles. The molecule has 1 unspecified atom stereocenters. The van der Waals surface area contributed by atoms with Gasteiger partial charge in [0.05, 0.1) is 35.1 Å². The molecule has 3 N–H and O–H groups in total. The number of piperidine rings is 1. The van der Waals surface area contributed by atoms with Crippen LogP contribution in [0.4, 0.5) is 0 Å². The van der Waals surface area contributed by atoms with E-state index < -0.39 is 17.7 Å². The number of hydrogen-bond acceptors (Lipinski definition) is 10. The third kappa shape index (κ3) is 4.07. The van der Waals surface area contributed by atoms with Gasteiger partial charge in [0.1, 0.15) is 6.61 Å². The van der Waals surface area contributed by atoms with Gasteiger partial charge < -0.3 is 39.2 Å². The number of fused-ring (bicyclic) bond motifs is 6. The summed E-state index contributed by atoms with van der Waals surface area (Å²) in [6.07, 6.45) is 3.08. The Morgan fingerprint density at radius 2 is 1.85 bits per heavy atom. The normalized spacial score (nSPS) is 22.1. The van der Waals surface area contributed by atoms with Crippen LogP contribution in [0.3, 0.4) is 0 Å². The molecule has 11 heteroatoms. The molecule has 0 amide bonds. The van der Waals surface area contributed by atoms with Crippen molar-refractivity contribution in [2.24, 2.45) is 0 Å². The highest BCUT2D eigenvalue weighted by molar-refractivity contribution is 5.91. The fourth-order valence-electron chi connectivity index (χ4n) is 6.37. The molecule has 0 radical (unpaired) electrons. The minimum atomic E-state index is -1.93. The fourth-order valence-corrected chi connectivity index (χ4v) is 6.37. The number of aliphatic hydroxyl groups is 2. The number of β-amino-alcohol motifs (C(OH)–C–C–N with tert-alkyl or cyclic N) is 1. The molecule has 3 aromatic rings. The van der Waals surface area contributed by atoms with Gasteiger partial charge in [0.25, 0.3) is 5.56 Å². The monoisotopic (exact) mass is 548 g/mol. The second kappa shape index (κ2) is 9.55. The van der Waals surface area contributed by atoms with Crippen LogP contribution >= 0.6 is 0 Å². The Labute approximate surface area is 230 Å². The SMILES string of the molecule is C[C@@]1(O)C(=O)OCc2c1cc1n(c2=O)Cc2c-1nc1cc3c(cc1c2CNCC(O)CN1CCCCC1)OCO3. The van der Waals surface area contributed by atoms with Crippen molar-refractivity contribution in [1.29, 1.82) is 0 Å². The van der Waals surface area contributed by atoms with E-state index in [4.69, 9.17) is 19.2 Å². The molecule has 40 heavy (non-hydrogen) atoms.